The van der Waals surface area contributed by atoms with Crippen molar-refractivity contribution in [3.8, 4) is 5.75 Å². The van der Waals surface area contributed by atoms with Crippen LogP contribution < -0.4 is 10.1 Å². The minimum absolute atomic E-state index is 0.202. The van der Waals surface area contributed by atoms with Crippen molar-refractivity contribution in [3.05, 3.63) is 71.8 Å². The van der Waals surface area contributed by atoms with Crippen LogP contribution in [0.25, 0.3) is 21.9 Å². The predicted octanol–water partition coefficient (Wildman–Crippen LogP) is 5.61. The molecule has 3 aromatic carbocycles. The highest BCUT2D eigenvalue weighted by Crippen LogP contribution is 2.30. The smallest absolute Gasteiger partial charge is 0.265 e. The van der Waals surface area contributed by atoms with Gasteiger partial charge in [0, 0.05) is 22.5 Å². The molecule has 0 unspecified atom stereocenters. The number of rotatable bonds is 4. The van der Waals surface area contributed by atoms with Crippen molar-refractivity contribution in [2.24, 2.45) is 0 Å². The molecule has 0 saturated heterocycles. The quantitative estimate of drug-likeness (QED) is 0.515. The zero-order valence-corrected chi connectivity index (χ0v) is 15.6. The Balaban J connectivity index is 1.53. The van der Waals surface area contributed by atoms with Crippen LogP contribution in [-0.2, 0) is 4.79 Å². The Labute approximate surface area is 157 Å². The molecule has 1 amide bonds. The number of benzene rings is 3. The van der Waals surface area contributed by atoms with Crippen molar-refractivity contribution in [1.29, 1.82) is 0 Å². The summed E-state index contributed by atoms with van der Waals surface area (Å²) in [6.07, 6.45) is -0.614. The van der Waals surface area contributed by atoms with E-state index in [1.807, 2.05) is 74.5 Å². The predicted molar refractivity (Wildman–Crippen MR) is 108 cm³/mol. The van der Waals surface area contributed by atoms with Gasteiger partial charge in [-0.25, -0.2) is 0 Å². The number of fused-ring (bicyclic) bond motifs is 3. The van der Waals surface area contributed by atoms with Gasteiger partial charge in [-0.05, 0) is 56.2 Å². The van der Waals surface area contributed by atoms with Crippen molar-refractivity contribution < 1.29 is 13.9 Å². The van der Waals surface area contributed by atoms with Gasteiger partial charge in [0.05, 0.1) is 0 Å². The van der Waals surface area contributed by atoms with Gasteiger partial charge < -0.3 is 14.5 Å². The van der Waals surface area contributed by atoms with Crippen molar-refractivity contribution >= 4 is 33.5 Å². The van der Waals surface area contributed by atoms with Gasteiger partial charge in [-0.1, -0.05) is 30.3 Å². The summed E-state index contributed by atoms with van der Waals surface area (Å²) >= 11 is 0. The molecule has 0 spiro atoms. The van der Waals surface area contributed by atoms with E-state index in [1.165, 1.54) is 0 Å². The third-order valence-corrected chi connectivity index (χ3v) is 4.66. The van der Waals surface area contributed by atoms with Crippen LogP contribution in [-0.4, -0.2) is 12.0 Å². The van der Waals surface area contributed by atoms with Crippen LogP contribution in [0.1, 0.15) is 18.1 Å². The van der Waals surface area contributed by atoms with E-state index in [4.69, 9.17) is 9.15 Å². The number of aryl methyl sites for hydroxylation is 2. The van der Waals surface area contributed by atoms with E-state index in [9.17, 15) is 4.79 Å². The fraction of sp³-hybridized carbons (Fsp3) is 0.174. The number of hydrogen-bond acceptors (Lipinski definition) is 3. The van der Waals surface area contributed by atoms with E-state index in [0.717, 1.165) is 38.8 Å². The minimum atomic E-state index is -0.614. The highest BCUT2D eigenvalue weighted by Gasteiger charge is 2.17. The second kappa shape index (κ2) is 6.80. The van der Waals surface area contributed by atoms with Crippen LogP contribution in [0.15, 0.2) is 65.1 Å². The number of nitrogens with one attached hydrogen (secondary N) is 1. The van der Waals surface area contributed by atoms with Crippen molar-refractivity contribution in [2.45, 2.75) is 26.9 Å². The molecule has 4 rings (SSSR count). The maximum absolute atomic E-state index is 12.6. The van der Waals surface area contributed by atoms with Gasteiger partial charge in [-0.3, -0.25) is 4.79 Å². The van der Waals surface area contributed by atoms with Gasteiger partial charge in [0.2, 0.25) is 0 Å². The molecule has 0 fully saturated rings. The van der Waals surface area contributed by atoms with Gasteiger partial charge in [-0.2, -0.15) is 0 Å². The van der Waals surface area contributed by atoms with E-state index in [2.05, 4.69) is 5.32 Å². The van der Waals surface area contributed by atoms with Gasteiger partial charge >= 0.3 is 0 Å². The van der Waals surface area contributed by atoms with Crippen LogP contribution in [0.2, 0.25) is 0 Å². The van der Waals surface area contributed by atoms with Crippen LogP contribution in [0, 0.1) is 13.8 Å². The van der Waals surface area contributed by atoms with E-state index >= 15 is 0 Å². The lowest BCUT2D eigenvalue weighted by Gasteiger charge is -2.16. The van der Waals surface area contributed by atoms with Gasteiger partial charge in [0.1, 0.15) is 16.9 Å². The highest BCUT2D eigenvalue weighted by molar-refractivity contribution is 6.06. The average molecular weight is 359 g/mol. The Bertz CT molecular complexity index is 1140. The first-order chi connectivity index (χ1) is 13.0. The first-order valence-electron chi connectivity index (χ1n) is 8.97. The largest absolute Gasteiger partial charge is 0.481 e. The van der Waals surface area contributed by atoms with Crippen molar-refractivity contribution in [3.63, 3.8) is 0 Å². The third-order valence-electron chi connectivity index (χ3n) is 4.66. The van der Waals surface area contributed by atoms with Crippen LogP contribution in [0.4, 0.5) is 5.69 Å². The normalized spacial score (nSPS) is 12.3. The van der Waals surface area contributed by atoms with Crippen molar-refractivity contribution in [1.82, 2.24) is 0 Å². The average Bonchev–Trinajstić information content (AvgIpc) is 3.02. The molecule has 1 heterocycles. The Morgan fingerprint density at radius 3 is 2.59 bits per heavy atom. The summed E-state index contributed by atoms with van der Waals surface area (Å²) < 4.78 is 11.7. The molecule has 27 heavy (non-hydrogen) atoms. The fourth-order valence-electron chi connectivity index (χ4n) is 3.13. The summed E-state index contributed by atoms with van der Waals surface area (Å²) in [7, 11) is 0. The van der Waals surface area contributed by atoms with Gasteiger partial charge in [0.15, 0.2) is 6.10 Å². The van der Waals surface area contributed by atoms with Gasteiger partial charge in [0.25, 0.3) is 5.91 Å². The number of amides is 1. The van der Waals surface area contributed by atoms with E-state index in [0.29, 0.717) is 5.69 Å². The molecule has 0 aliphatic heterocycles. The SMILES string of the molecule is Cc1ccc(C)c(O[C@@H](C)C(=O)Nc2ccc3c(c2)oc2ccccc23)c1. The summed E-state index contributed by atoms with van der Waals surface area (Å²) in [4.78, 5) is 12.6. The molecule has 4 nitrogen and oxygen atoms in total. The number of para-hydroxylation sites is 1. The fourth-order valence-corrected chi connectivity index (χ4v) is 3.13. The summed E-state index contributed by atoms with van der Waals surface area (Å²) in [5.74, 6) is 0.525. The number of anilines is 1. The summed E-state index contributed by atoms with van der Waals surface area (Å²) in [5.41, 5.74) is 4.37. The van der Waals surface area contributed by atoms with Crippen LogP contribution in [0.3, 0.4) is 0 Å². The molecule has 0 radical (unpaired) electrons. The number of carbonyl (C=O) groups excluding carboxylic acids is 1. The first-order valence-corrected chi connectivity index (χ1v) is 8.97. The molecule has 0 aliphatic rings. The standard InChI is InChI=1S/C23H21NO3/c1-14-8-9-15(2)21(12-14)26-16(3)23(25)24-17-10-11-19-18-6-4-5-7-20(18)27-22(19)13-17/h4-13,16H,1-3H3,(H,24,25)/t16-/m0/s1. The molecule has 1 N–H and O–H groups in total. The van der Waals surface area contributed by atoms with E-state index in [-0.39, 0.29) is 5.91 Å². The summed E-state index contributed by atoms with van der Waals surface area (Å²) in [6.45, 7) is 5.71. The topological polar surface area (TPSA) is 51.5 Å². The molecule has 0 aliphatic carbocycles. The van der Waals surface area contributed by atoms with Crippen molar-refractivity contribution in [2.75, 3.05) is 5.32 Å². The van der Waals surface area contributed by atoms with Crippen LogP contribution >= 0.6 is 0 Å². The Kier molecular flexibility index (Phi) is 4.32. The number of hydrogen-bond donors (Lipinski definition) is 1. The number of carbonyl (C=O) groups is 1. The zero-order valence-electron chi connectivity index (χ0n) is 15.6. The molecule has 4 aromatic rings. The summed E-state index contributed by atoms with van der Waals surface area (Å²) in [6, 6.07) is 19.5. The van der Waals surface area contributed by atoms with E-state index < -0.39 is 6.10 Å². The maximum atomic E-state index is 12.6. The lowest BCUT2D eigenvalue weighted by molar-refractivity contribution is -0.122. The highest BCUT2D eigenvalue weighted by atomic mass is 16.5. The van der Waals surface area contributed by atoms with Crippen LogP contribution in [0.5, 0.6) is 5.75 Å². The molecule has 0 bridgehead atoms. The lowest BCUT2D eigenvalue weighted by Crippen LogP contribution is -2.30. The van der Waals surface area contributed by atoms with E-state index in [1.54, 1.807) is 6.92 Å². The molecular weight excluding hydrogens is 338 g/mol. The first kappa shape index (κ1) is 17.2. The second-order valence-electron chi connectivity index (χ2n) is 6.83. The molecule has 4 heteroatoms. The molecular formula is C23H21NO3. The minimum Gasteiger partial charge on any atom is -0.481 e. The second-order valence-corrected chi connectivity index (χ2v) is 6.83. The number of ether oxygens (including phenoxy) is 1. The molecule has 1 atom stereocenters. The Morgan fingerprint density at radius 1 is 0.963 bits per heavy atom. The Morgan fingerprint density at radius 2 is 1.74 bits per heavy atom. The molecule has 136 valence electrons. The Hall–Kier alpha value is -3.27. The lowest BCUT2D eigenvalue weighted by atomic mass is 10.1. The molecule has 0 saturated carbocycles. The number of furan rings is 1. The summed E-state index contributed by atoms with van der Waals surface area (Å²) in [5, 5.41) is 5.01. The third kappa shape index (κ3) is 3.38. The molecule has 1 aromatic heterocycles. The zero-order chi connectivity index (χ0) is 19.0. The van der Waals surface area contributed by atoms with Gasteiger partial charge in [-0.15, -0.1) is 0 Å². The maximum Gasteiger partial charge on any atom is 0.265 e. The monoisotopic (exact) mass is 359 g/mol.